The summed E-state index contributed by atoms with van der Waals surface area (Å²) in [4.78, 5) is 23.1. The number of benzene rings is 1. The summed E-state index contributed by atoms with van der Waals surface area (Å²) in [5.41, 5.74) is -0.108. The van der Waals surface area contributed by atoms with Crippen molar-refractivity contribution in [1.29, 1.82) is 0 Å². The summed E-state index contributed by atoms with van der Waals surface area (Å²) in [5.74, 6) is -2.51. The number of sulfonamides is 1. The van der Waals surface area contributed by atoms with E-state index in [-0.39, 0.29) is 10.5 Å². The van der Waals surface area contributed by atoms with Crippen molar-refractivity contribution in [3.8, 4) is 0 Å². The molecule has 144 valence electrons. The Bertz CT molecular complexity index is 764. The zero-order chi connectivity index (χ0) is 19.3. The number of carboxylic acid groups (broad SMARTS) is 1. The van der Waals surface area contributed by atoms with Gasteiger partial charge < -0.3 is 10.4 Å². The summed E-state index contributed by atoms with van der Waals surface area (Å²) in [7, 11) is -3.76. The van der Waals surface area contributed by atoms with Crippen molar-refractivity contribution in [2.24, 2.45) is 0 Å². The second kappa shape index (κ2) is 8.54. The molecule has 10 heteroatoms. The second-order valence-corrected chi connectivity index (χ2v) is 7.92. The quantitative estimate of drug-likeness (QED) is 0.738. The van der Waals surface area contributed by atoms with Gasteiger partial charge in [-0.25, -0.2) is 22.0 Å². The monoisotopic (exact) mass is 390 g/mol. The van der Waals surface area contributed by atoms with Crippen LogP contribution in [0.4, 0.5) is 8.78 Å². The lowest BCUT2D eigenvalue weighted by Gasteiger charge is -2.26. The van der Waals surface area contributed by atoms with Crippen LogP contribution >= 0.6 is 0 Å². The van der Waals surface area contributed by atoms with Gasteiger partial charge in [0.25, 0.3) is 5.91 Å². The number of hydrogen-bond donors (Lipinski definition) is 2. The number of nitrogens with one attached hydrogen (secondary N) is 1. The highest BCUT2D eigenvalue weighted by molar-refractivity contribution is 7.89. The molecule has 1 aliphatic heterocycles. The zero-order valence-electron chi connectivity index (χ0n) is 13.9. The molecular weight excluding hydrogens is 370 g/mol. The van der Waals surface area contributed by atoms with Crippen LogP contribution in [0.15, 0.2) is 29.2 Å². The number of carbonyl (C=O) groups excluding carboxylic acids is 1. The van der Waals surface area contributed by atoms with Crippen molar-refractivity contribution < 1.29 is 31.9 Å². The maximum atomic E-state index is 12.6. The van der Waals surface area contributed by atoms with Gasteiger partial charge in [-0.05, 0) is 31.0 Å². The molecular formula is C16H20F2N2O5S. The third-order valence-electron chi connectivity index (χ3n) is 4.07. The molecule has 1 heterocycles. The first-order valence-electron chi connectivity index (χ1n) is 8.14. The molecule has 1 amide bonds. The Morgan fingerprint density at radius 3 is 2.42 bits per heavy atom. The Morgan fingerprint density at radius 2 is 1.85 bits per heavy atom. The van der Waals surface area contributed by atoms with Gasteiger partial charge >= 0.3 is 5.97 Å². The van der Waals surface area contributed by atoms with E-state index in [9.17, 15) is 26.8 Å². The number of hydrogen-bond acceptors (Lipinski definition) is 4. The zero-order valence-corrected chi connectivity index (χ0v) is 14.7. The van der Waals surface area contributed by atoms with Gasteiger partial charge in [-0.1, -0.05) is 12.5 Å². The van der Waals surface area contributed by atoms with E-state index in [0.717, 1.165) is 25.3 Å². The van der Waals surface area contributed by atoms with Crippen molar-refractivity contribution in [1.82, 2.24) is 9.62 Å². The molecule has 0 radical (unpaired) electrons. The fourth-order valence-electron chi connectivity index (χ4n) is 2.69. The number of carbonyl (C=O) groups is 2. The first-order valence-corrected chi connectivity index (χ1v) is 9.58. The third-order valence-corrected chi connectivity index (χ3v) is 5.96. The van der Waals surface area contributed by atoms with Crippen LogP contribution < -0.4 is 5.32 Å². The smallest absolute Gasteiger partial charge is 0.326 e. The van der Waals surface area contributed by atoms with Crippen LogP contribution in [0, 0.1) is 0 Å². The van der Waals surface area contributed by atoms with Crippen LogP contribution in [0.5, 0.6) is 0 Å². The summed E-state index contributed by atoms with van der Waals surface area (Å²) >= 11 is 0. The molecule has 0 aliphatic carbocycles. The van der Waals surface area contributed by atoms with Crippen LogP contribution in [0.25, 0.3) is 0 Å². The molecule has 1 atom stereocenters. The number of nitrogens with zero attached hydrogens (tertiary/aromatic N) is 1. The van der Waals surface area contributed by atoms with E-state index < -0.39 is 40.8 Å². The van der Waals surface area contributed by atoms with Gasteiger partial charge in [-0.15, -0.1) is 0 Å². The molecule has 1 aliphatic rings. The molecule has 0 aromatic heterocycles. The summed E-state index contributed by atoms with van der Waals surface area (Å²) in [6.45, 7) is 0.794. The van der Waals surface area contributed by atoms with Crippen molar-refractivity contribution in [2.75, 3.05) is 13.1 Å². The summed E-state index contributed by atoms with van der Waals surface area (Å²) in [5, 5.41) is 10.9. The Labute approximate surface area is 150 Å². The number of piperidine rings is 1. The first kappa shape index (κ1) is 20.2. The molecule has 0 bridgehead atoms. The van der Waals surface area contributed by atoms with Gasteiger partial charge in [0.05, 0.1) is 4.90 Å². The minimum Gasteiger partial charge on any atom is -0.480 e. The minimum atomic E-state index is -3.76. The highest BCUT2D eigenvalue weighted by Crippen LogP contribution is 2.21. The number of rotatable bonds is 7. The number of aliphatic carboxylic acids is 1. The molecule has 26 heavy (non-hydrogen) atoms. The third kappa shape index (κ3) is 4.98. The average Bonchev–Trinajstić information content (AvgIpc) is 2.61. The van der Waals surface area contributed by atoms with Crippen molar-refractivity contribution in [2.45, 2.75) is 43.0 Å². The fourth-order valence-corrected chi connectivity index (χ4v) is 4.26. The molecule has 7 nitrogen and oxygen atoms in total. The molecule has 1 aromatic rings. The highest BCUT2D eigenvalue weighted by atomic mass is 32.2. The van der Waals surface area contributed by atoms with E-state index in [1.807, 2.05) is 5.32 Å². The van der Waals surface area contributed by atoms with E-state index in [1.165, 1.54) is 22.5 Å². The molecule has 1 aromatic carbocycles. The lowest BCUT2D eigenvalue weighted by Crippen LogP contribution is -2.42. The van der Waals surface area contributed by atoms with Crippen LogP contribution in [-0.4, -0.2) is 55.3 Å². The molecule has 2 rings (SSSR count). The Hall–Kier alpha value is -2.07. The van der Waals surface area contributed by atoms with Crippen LogP contribution in [-0.2, 0) is 14.8 Å². The molecule has 0 spiro atoms. The van der Waals surface area contributed by atoms with Crippen LogP contribution in [0.2, 0.25) is 0 Å². The van der Waals surface area contributed by atoms with Gasteiger partial charge in [-0.2, -0.15) is 4.31 Å². The van der Waals surface area contributed by atoms with E-state index >= 15 is 0 Å². The standard InChI is InChI=1S/C16H20F2N2O5S/c17-14(18)10-13(16(22)23)19-15(21)11-5-4-6-12(9-11)26(24,25)20-7-2-1-3-8-20/h4-6,9,13-14H,1-3,7-8,10H2,(H,19,21)(H,22,23). The Kier molecular flexibility index (Phi) is 6.65. The first-order chi connectivity index (χ1) is 12.2. The molecule has 1 unspecified atom stereocenters. The van der Waals surface area contributed by atoms with Crippen molar-refractivity contribution in [3.63, 3.8) is 0 Å². The lowest BCUT2D eigenvalue weighted by atomic mass is 10.1. The van der Waals surface area contributed by atoms with Crippen molar-refractivity contribution >= 4 is 21.9 Å². The highest BCUT2D eigenvalue weighted by Gasteiger charge is 2.28. The van der Waals surface area contributed by atoms with Crippen LogP contribution in [0.1, 0.15) is 36.0 Å². The van der Waals surface area contributed by atoms with E-state index in [0.29, 0.717) is 13.1 Å². The van der Waals surface area contributed by atoms with E-state index in [1.54, 1.807) is 0 Å². The maximum absolute atomic E-state index is 12.6. The van der Waals surface area contributed by atoms with Crippen LogP contribution in [0.3, 0.4) is 0 Å². The van der Waals surface area contributed by atoms with Crippen molar-refractivity contribution in [3.05, 3.63) is 29.8 Å². The summed E-state index contributed by atoms with van der Waals surface area (Å²) in [6.07, 6.45) is -1.47. The Morgan fingerprint density at radius 1 is 1.19 bits per heavy atom. The number of carboxylic acids is 1. The molecule has 1 fully saturated rings. The van der Waals surface area contributed by atoms with E-state index in [2.05, 4.69) is 0 Å². The minimum absolute atomic E-state index is 0.0900. The SMILES string of the molecule is O=C(NC(CC(F)F)C(=O)O)c1cccc(S(=O)(=O)N2CCCCC2)c1. The molecule has 1 saturated heterocycles. The predicted molar refractivity (Wildman–Crippen MR) is 88.6 cm³/mol. The number of amides is 1. The summed E-state index contributed by atoms with van der Waals surface area (Å²) in [6, 6.07) is 3.36. The maximum Gasteiger partial charge on any atom is 0.326 e. The van der Waals surface area contributed by atoms with Gasteiger partial charge in [-0.3, -0.25) is 4.79 Å². The van der Waals surface area contributed by atoms with Gasteiger partial charge in [0.1, 0.15) is 6.04 Å². The topological polar surface area (TPSA) is 104 Å². The van der Waals surface area contributed by atoms with E-state index in [4.69, 9.17) is 5.11 Å². The summed E-state index contributed by atoms with van der Waals surface area (Å²) < 4.78 is 51.5. The Balaban J connectivity index is 2.19. The largest absolute Gasteiger partial charge is 0.480 e. The number of halogens is 2. The normalized spacial score (nSPS) is 17.0. The molecule has 0 saturated carbocycles. The van der Waals surface area contributed by atoms with Gasteiger partial charge in [0.15, 0.2) is 0 Å². The van der Waals surface area contributed by atoms with Gasteiger partial charge in [0.2, 0.25) is 16.4 Å². The average molecular weight is 390 g/mol. The molecule has 2 N–H and O–H groups in total. The predicted octanol–water partition coefficient (Wildman–Crippen LogP) is 1.70. The second-order valence-electron chi connectivity index (χ2n) is 5.98. The lowest BCUT2D eigenvalue weighted by molar-refractivity contribution is -0.140. The fraction of sp³-hybridized carbons (Fsp3) is 0.500. The number of alkyl halides is 2. The van der Waals surface area contributed by atoms with Gasteiger partial charge in [0, 0.05) is 25.1 Å².